The monoisotopic (exact) mass is 475 g/mol. The lowest BCUT2D eigenvalue weighted by molar-refractivity contribution is -0.122. The van der Waals surface area contributed by atoms with Crippen molar-refractivity contribution in [2.24, 2.45) is 0 Å². The minimum atomic E-state index is -0.462. The summed E-state index contributed by atoms with van der Waals surface area (Å²) in [4.78, 5) is 30.2. The molecule has 2 amide bonds. The third-order valence-electron chi connectivity index (χ3n) is 7.09. The van der Waals surface area contributed by atoms with Crippen LogP contribution in [-0.2, 0) is 9.59 Å². The van der Waals surface area contributed by atoms with Crippen LogP contribution in [0.25, 0.3) is 6.08 Å². The summed E-state index contributed by atoms with van der Waals surface area (Å²) in [5.74, 6) is -0.482. The number of thiocarbonyl (C=S) groups is 1. The average molecular weight is 476 g/mol. The van der Waals surface area contributed by atoms with Crippen LogP contribution in [0.1, 0.15) is 68.7 Å². The minimum absolute atomic E-state index is 0.0867. The Morgan fingerprint density at radius 3 is 2.59 bits per heavy atom. The molecule has 1 atom stereocenters. The second kappa shape index (κ2) is 8.99. The van der Waals surface area contributed by atoms with Gasteiger partial charge >= 0.3 is 0 Å². The Balaban J connectivity index is 1.74. The van der Waals surface area contributed by atoms with E-state index in [1.807, 2.05) is 38.1 Å². The van der Waals surface area contributed by atoms with Crippen LogP contribution < -0.4 is 15.1 Å². The molecule has 6 heteroatoms. The number of anilines is 2. The van der Waals surface area contributed by atoms with E-state index in [-0.39, 0.29) is 16.2 Å². The number of rotatable bonds is 4. The maximum absolute atomic E-state index is 13.5. The number of fused-ring (bicyclic) bond motifs is 1. The summed E-state index contributed by atoms with van der Waals surface area (Å²) in [5.41, 5.74) is 6.21. The molecule has 0 bridgehead atoms. The molecule has 4 rings (SSSR count). The number of benzene rings is 2. The summed E-state index contributed by atoms with van der Waals surface area (Å²) in [6.07, 6.45) is 3.81. The topological polar surface area (TPSA) is 52.7 Å². The fourth-order valence-electron chi connectivity index (χ4n) is 5.27. The molecule has 0 radical (unpaired) electrons. The summed E-state index contributed by atoms with van der Waals surface area (Å²) >= 11 is 5.38. The van der Waals surface area contributed by atoms with Gasteiger partial charge in [-0.25, -0.2) is 0 Å². The van der Waals surface area contributed by atoms with Crippen LogP contribution in [-0.4, -0.2) is 29.0 Å². The second-order valence-electron chi connectivity index (χ2n) is 10.1. The molecule has 178 valence electrons. The fourth-order valence-corrected chi connectivity index (χ4v) is 5.54. The molecule has 2 aliphatic rings. The molecule has 0 aliphatic carbocycles. The van der Waals surface area contributed by atoms with Gasteiger partial charge in [-0.1, -0.05) is 32.0 Å². The number of carbonyl (C=O) groups is 2. The number of nitrogens with one attached hydrogen (secondary N) is 1. The van der Waals surface area contributed by atoms with E-state index in [1.165, 1.54) is 16.2 Å². The zero-order chi connectivity index (χ0) is 24.8. The van der Waals surface area contributed by atoms with Crippen LogP contribution >= 0.6 is 12.2 Å². The summed E-state index contributed by atoms with van der Waals surface area (Å²) in [5, 5.41) is 2.81. The van der Waals surface area contributed by atoms with E-state index in [4.69, 9.17) is 12.2 Å². The van der Waals surface area contributed by atoms with Crippen molar-refractivity contribution in [3.05, 3.63) is 64.2 Å². The Kier molecular flexibility index (Phi) is 6.38. The van der Waals surface area contributed by atoms with Gasteiger partial charge in [0.15, 0.2) is 5.11 Å². The van der Waals surface area contributed by atoms with Crippen molar-refractivity contribution in [3.63, 3.8) is 0 Å². The quantitative estimate of drug-likeness (QED) is 0.353. The lowest BCUT2D eigenvalue weighted by atomic mass is 9.79. The van der Waals surface area contributed by atoms with E-state index < -0.39 is 11.8 Å². The Morgan fingerprint density at radius 2 is 1.88 bits per heavy atom. The minimum Gasteiger partial charge on any atom is -0.366 e. The van der Waals surface area contributed by atoms with E-state index in [2.05, 4.69) is 50.0 Å². The van der Waals surface area contributed by atoms with Gasteiger partial charge < -0.3 is 4.90 Å². The first-order valence-electron chi connectivity index (χ1n) is 11.9. The molecule has 2 aromatic carbocycles. The van der Waals surface area contributed by atoms with Gasteiger partial charge in [-0.05, 0) is 105 Å². The van der Waals surface area contributed by atoms with Crippen LogP contribution in [0.15, 0.2) is 42.0 Å². The van der Waals surface area contributed by atoms with Gasteiger partial charge in [-0.2, -0.15) is 0 Å². The summed E-state index contributed by atoms with van der Waals surface area (Å²) < 4.78 is 0. The zero-order valence-corrected chi connectivity index (χ0v) is 21.7. The van der Waals surface area contributed by atoms with Gasteiger partial charge in [0, 0.05) is 17.8 Å². The molecule has 1 saturated heterocycles. The van der Waals surface area contributed by atoms with Crippen LogP contribution in [0.5, 0.6) is 0 Å². The standard InChI is InChI=1S/C28H33N3O2S/c1-7-13-30-24-12-11-20(14-21(24)18(3)16-28(30,5)6)15-22-25(32)29-27(34)31(26(22)33)23-10-8-9-17(2)19(23)4/h8-12,14-15,18H,7,13,16H2,1-6H3,(H,29,32,34)/b22-15-. The van der Waals surface area contributed by atoms with E-state index >= 15 is 0 Å². The fraction of sp³-hybridized carbons (Fsp3) is 0.393. The molecule has 1 N–H and O–H groups in total. The van der Waals surface area contributed by atoms with Crippen molar-refractivity contribution in [1.29, 1.82) is 0 Å². The lowest BCUT2D eigenvalue weighted by Crippen LogP contribution is -2.54. The van der Waals surface area contributed by atoms with Crippen LogP contribution in [0.3, 0.4) is 0 Å². The highest BCUT2D eigenvalue weighted by Gasteiger charge is 2.37. The third-order valence-corrected chi connectivity index (χ3v) is 7.37. The summed E-state index contributed by atoms with van der Waals surface area (Å²) in [6.45, 7) is 14.0. The molecular weight excluding hydrogens is 442 g/mol. The average Bonchev–Trinajstić information content (AvgIpc) is 2.76. The van der Waals surface area contributed by atoms with Gasteiger partial charge in [-0.15, -0.1) is 0 Å². The van der Waals surface area contributed by atoms with Crippen LogP contribution in [0.4, 0.5) is 11.4 Å². The van der Waals surface area contributed by atoms with E-state index in [1.54, 1.807) is 6.08 Å². The summed E-state index contributed by atoms with van der Waals surface area (Å²) in [6, 6.07) is 12.0. The molecule has 0 spiro atoms. The van der Waals surface area contributed by atoms with Crippen molar-refractivity contribution in [3.8, 4) is 0 Å². The highest BCUT2D eigenvalue weighted by Crippen LogP contribution is 2.44. The molecular formula is C28H33N3O2S. The molecule has 34 heavy (non-hydrogen) atoms. The maximum atomic E-state index is 13.5. The molecule has 2 aromatic rings. The number of hydrogen-bond donors (Lipinski definition) is 1. The van der Waals surface area contributed by atoms with Crippen molar-refractivity contribution in [2.75, 3.05) is 16.3 Å². The lowest BCUT2D eigenvalue weighted by Gasteiger charge is -2.47. The highest BCUT2D eigenvalue weighted by atomic mass is 32.1. The molecule has 1 fully saturated rings. The van der Waals surface area contributed by atoms with Crippen molar-refractivity contribution in [1.82, 2.24) is 5.32 Å². The van der Waals surface area contributed by atoms with E-state index in [0.29, 0.717) is 11.6 Å². The maximum Gasteiger partial charge on any atom is 0.270 e. The van der Waals surface area contributed by atoms with Gasteiger partial charge in [-0.3, -0.25) is 19.8 Å². The largest absolute Gasteiger partial charge is 0.366 e. The van der Waals surface area contributed by atoms with Crippen molar-refractivity contribution < 1.29 is 9.59 Å². The first-order valence-corrected chi connectivity index (χ1v) is 12.3. The predicted octanol–water partition coefficient (Wildman–Crippen LogP) is 5.64. The Hall–Kier alpha value is -2.99. The second-order valence-corrected chi connectivity index (χ2v) is 10.5. The zero-order valence-electron chi connectivity index (χ0n) is 20.9. The smallest absolute Gasteiger partial charge is 0.270 e. The first-order chi connectivity index (χ1) is 16.0. The number of aryl methyl sites for hydroxylation is 1. The molecule has 2 aliphatic heterocycles. The Labute approximate surface area is 207 Å². The molecule has 0 saturated carbocycles. The van der Waals surface area contributed by atoms with Gasteiger partial charge in [0.1, 0.15) is 5.57 Å². The Morgan fingerprint density at radius 1 is 1.15 bits per heavy atom. The normalized spacial score (nSPS) is 21.1. The molecule has 2 heterocycles. The highest BCUT2D eigenvalue weighted by molar-refractivity contribution is 7.80. The van der Waals surface area contributed by atoms with Gasteiger partial charge in [0.25, 0.3) is 11.8 Å². The first kappa shape index (κ1) is 24.1. The van der Waals surface area contributed by atoms with Crippen molar-refractivity contribution in [2.45, 2.75) is 65.8 Å². The predicted molar refractivity (Wildman–Crippen MR) is 143 cm³/mol. The molecule has 5 nitrogen and oxygen atoms in total. The van der Waals surface area contributed by atoms with Crippen molar-refractivity contribution >= 4 is 46.6 Å². The summed E-state index contributed by atoms with van der Waals surface area (Å²) in [7, 11) is 0. The van der Waals surface area contributed by atoms with Crippen LogP contribution in [0, 0.1) is 13.8 Å². The molecule has 0 aromatic heterocycles. The number of hydrogen-bond acceptors (Lipinski definition) is 4. The van der Waals surface area contributed by atoms with E-state index in [9.17, 15) is 9.59 Å². The van der Waals surface area contributed by atoms with Gasteiger partial charge in [0.2, 0.25) is 0 Å². The van der Waals surface area contributed by atoms with Crippen LogP contribution in [0.2, 0.25) is 0 Å². The number of nitrogens with zero attached hydrogens (tertiary/aromatic N) is 2. The van der Waals surface area contributed by atoms with Gasteiger partial charge in [0.05, 0.1) is 5.69 Å². The molecule has 1 unspecified atom stereocenters. The Bertz CT molecular complexity index is 1210. The SMILES string of the molecule is CCCN1c2ccc(/C=C3/C(=O)NC(=S)N(c4cccc(C)c4C)C3=O)cc2C(C)CC1(C)C. The third kappa shape index (κ3) is 4.16. The number of carbonyl (C=O) groups excluding carboxylic acids is 2. The van der Waals surface area contributed by atoms with E-state index in [0.717, 1.165) is 36.1 Å². The number of amides is 2.